The first-order valence-corrected chi connectivity index (χ1v) is 11.5. The molecule has 0 spiro atoms. The fourth-order valence-corrected chi connectivity index (χ4v) is 3.24. The van der Waals surface area contributed by atoms with Crippen molar-refractivity contribution in [1.29, 1.82) is 0 Å². The van der Waals surface area contributed by atoms with Gasteiger partial charge >= 0.3 is 12.0 Å². The van der Waals surface area contributed by atoms with Crippen LogP contribution < -0.4 is 10.1 Å². The zero-order valence-corrected chi connectivity index (χ0v) is 19.8. The monoisotopic (exact) mass is 456 g/mol. The number of carboxylic acid groups (broad SMARTS) is 1. The van der Waals surface area contributed by atoms with Gasteiger partial charge in [0.05, 0.1) is 6.54 Å². The number of urea groups is 1. The van der Waals surface area contributed by atoms with E-state index < -0.39 is 12.1 Å². The number of hydrogen-bond acceptors (Lipinski definition) is 4. The number of carbonyl (C=O) groups excluding carboxylic acids is 1. The summed E-state index contributed by atoms with van der Waals surface area (Å²) in [5.74, 6) is 0.203. The van der Waals surface area contributed by atoms with Crippen molar-refractivity contribution in [1.82, 2.24) is 10.2 Å². The summed E-state index contributed by atoms with van der Waals surface area (Å²) in [5.41, 5.74) is 1.92. The van der Waals surface area contributed by atoms with Crippen molar-refractivity contribution < 1.29 is 24.2 Å². The molecule has 0 saturated carbocycles. The first-order chi connectivity index (χ1) is 15.9. The van der Waals surface area contributed by atoms with Crippen molar-refractivity contribution in [2.75, 3.05) is 26.3 Å². The molecule has 0 aromatic heterocycles. The highest BCUT2D eigenvalue weighted by molar-refractivity contribution is 5.74. The minimum Gasteiger partial charge on any atom is -0.492 e. The highest BCUT2D eigenvalue weighted by atomic mass is 16.5. The first-order valence-electron chi connectivity index (χ1n) is 11.5. The van der Waals surface area contributed by atoms with Gasteiger partial charge in [0.1, 0.15) is 12.4 Å². The van der Waals surface area contributed by atoms with Crippen LogP contribution in [0.2, 0.25) is 0 Å². The van der Waals surface area contributed by atoms with Crippen molar-refractivity contribution in [3.63, 3.8) is 0 Å². The molecule has 33 heavy (non-hydrogen) atoms. The fourth-order valence-electron chi connectivity index (χ4n) is 3.24. The van der Waals surface area contributed by atoms with Gasteiger partial charge in [0.2, 0.25) is 0 Å². The zero-order valence-electron chi connectivity index (χ0n) is 19.8. The van der Waals surface area contributed by atoms with E-state index in [4.69, 9.17) is 9.47 Å². The lowest BCUT2D eigenvalue weighted by Crippen LogP contribution is -2.42. The molecule has 0 fully saturated rings. The van der Waals surface area contributed by atoms with E-state index in [9.17, 15) is 14.7 Å². The Labute approximate surface area is 196 Å². The average Bonchev–Trinajstić information content (AvgIpc) is 2.80. The van der Waals surface area contributed by atoms with Gasteiger partial charge in [-0.25, -0.2) is 9.59 Å². The normalized spacial score (nSPS) is 11.8. The smallest absolute Gasteiger partial charge is 0.333 e. The Morgan fingerprint density at radius 3 is 2.30 bits per heavy atom. The number of amides is 2. The van der Waals surface area contributed by atoms with E-state index in [1.165, 1.54) is 0 Å². The van der Waals surface area contributed by atoms with Crippen LogP contribution in [0.25, 0.3) is 0 Å². The van der Waals surface area contributed by atoms with Gasteiger partial charge in [-0.1, -0.05) is 56.3 Å². The van der Waals surface area contributed by atoms with Gasteiger partial charge in [-0.15, -0.1) is 0 Å². The molecule has 0 bridgehead atoms. The molecule has 1 unspecified atom stereocenters. The summed E-state index contributed by atoms with van der Waals surface area (Å²) < 4.78 is 11.1. The van der Waals surface area contributed by atoms with E-state index in [0.29, 0.717) is 50.9 Å². The third-order valence-corrected chi connectivity index (χ3v) is 5.17. The summed E-state index contributed by atoms with van der Waals surface area (Å²) >= 11 is 0. The van der Waals surface area contributed by atoms with Gasteiger partial charge in [0.25, 0.3) is 0 Å². The molecule has 0 saturated heterocycles. The Kier molecular flexibility index (Phi) is 11.2. The van der Waals surface area contributed by atoms with Crippen LogP contribution in [0.1, 0.15) is 38.3 Å². The first kappa shape index (κ1) is 26.2. The Bertz CT molecular complexity index is 840. The number of ether oxygens (including phenoxy) is 2. The van der Waals surface area contributed by atoms with Crippen LogP contribution in [0, 0.1) is 5.92 Å². The zero-order chi connectivity index (χ0) is 24.1. The minimum atomic E-state index is -0.968. The molecule has 2 N–H and O–H groups in total. The highest BCUT2D eigenvalue weighted by Gasteiger charge is 2.18. The van der Waals surface area contributed by atoms with Crippen molar-refractivity contribution in [2.24, 2.45) is 5.92 Å². The number of aliphatic carboxylic acids is 1. The lowest BCUT2D eigenvalue weighted by molar-refractivity contribution is -0.149. The molecule has 0 heterocycles. The molecule has 0 aliphatic rings. The minimum absolute atomic E-state index is 0.103. The summed E-state index contributed by atoms with van der Waals surface area (Å²) in [6, 6.07) is 17.0. The van der Waals surface area contributed by atoms with E-state index in [1.807, 2.05) is 54.6 Å². The van der Waals surface area contributed by atoms with Crippen LogP contribution in [0.15, 0.2) is 54.6 Å². The van der Waals surface area contributed by atoms with Crippen LogP contribution in [-0.2, 0) is 22.5 Å². The van der Waals surface area contributed by atoms with Crippen molar-refractivity contribution in [3.8, 4) is 5.75 Å². The lowest BCUT2D eigenvalue weighted by Gasteiger charge is -2.24. The number of carbonyl (C=O) groups is 2. The second-order valence-electron chi connectivity index (χ2n) is 8.29. The van der Waals surface area contributed by atoms with E-state index in [-0.39, 0.29) is 6.03 Å². The molecule has 180 valence electrons. The molecule has 2 aromatic rings. The summed E-state index contributed by atoms with van der Waals surface area (Å²) in [6.45, 7) is 8.39. The molecule has 7 heteroatoms. The molecule has 0 aliphatic heterocycles. The Morgan fingerprint density at radius 1 is 1.00 bits per heavy atom. The third-order valence-electron chi connectivity index (χ3n) is 5.17. The van der Waals surface area contributed by atoms with Gasteiger partial charge in [0.15, 0.2) is 6.10 Å². The van der Waals surface area contributed by atoms with Gasteiger partial charge in [-0.2, -0.15) is 0 Å². The predicted octanol–water partition coefficient (Wildman–Crippen LogP) is 4.36. The summed E-state index contributed by atoms with van der Waals surface area (Å²) in [4.78, 5) is 25.8. The standard InChI is InChI=1S/C26H36N2O5/c1-4-32-24(25(29)30)18-21-10-12-23(13-11-21)33-17-16-28(15-14-20(2)3)26(31)27-19-22-8-6-5-7-9-22/h5-13,20,24H,4,14-19H2,1-3H3,(H,27,31)(H,29,30). The topological polar surface area (TPSA) is 88.1 Å². The Morgan fingerprint density at radius 2 is 1.70 bits per heavy atom. The number of carboxylic acids is 1. The van der Waals surface area contributed by atoms with Crippen LogP contribution in [0.5, 0.6) is 5.75 Å². The number of hydrogen-bond donors (Lipinski definition) is 2. The van der Waals surface area contributed by atoms with Crippen LogP contribution >= 0.6 is 0 Å². The quantitative estimate of drug-likeness (QED) is 0.441. The maximum atomic E-state index is 12.7. The summed E-state index contributed by atoms with van der Waals surface area (Å²) in [6.07, 6.45) is 0.358. The number of rotatable bonds is 14. The van der Waals surface area contributed by atoms with Gasteiger partial charge < -0.3 is 24.8 Å². The Balaban J connectivity index is 1.86. The molecule has 2 amide bonds. The molecule has 2 aromatic carbocycles. The molecule has 1 atom stereocenters. The van der Waals surface area contributed by atoms with Gasteiger partial charge in [0, 0.05) is 26.1 Å². The number of nitrogens with one attached hydrogen (secondary N) is 1. The predicted molar refractivity (Wildman–Crippen MR) is 128 cm³/mol. The van der Waals surface area contributed by atoms with E-state index in [0.717, 1.165) is 17.5 Å². The van der Waals surface area contributed by atoms with Crippen LogP contribution in [-0.4, -0.2) is 54.4 Å². The maximum Gasteiger partial charge on any atom is 0.333 e. The summed E-state index contributed by atoms with van der Waals surface area (Å²) in [5, 5.41) is 12.2. The second-order valence-corrected chi connectivity index (χ2v) is 8.29. The fraction of sp³-hybridized carbons (Fsp3) is 0.462. The number of benzene rings is 2. The van der Waals surface area contributed by atoms with Crippen LogP contribution in [0.4, 0.5) is 4.79 Å². The largest absolute Gasteiger partial charge is 0.492 e. The molecule has 2 rings (SSSR count). The lowest BCUT2D eigenvalue weighted by atomic mass is 10.1. The maximum absolute atomic E-state index is 12.7. The van der Waals surface area contributed by atoms with Crippen molar-refractivity contribution >= 4 is 12.0 Å². The van der Waals surface area contributed by atoms with Crippen molar-refractivity contribution in [2.45, 2.75) is 46.3 Å². The average molecular weight is 457 g/mol. The second kappa shape index (κ2) is 14.2. The van der Waals surface area contributed by atoms with Gasteiger partial charge in [-0.3, -0.25) is 0 Å². The summed E-state index contributed by atoms with van der Waals surface area (Å²) in [7, 11) is 0. The van der Waals surface area contributed by atoms with E-state index in [1.54, 1.807) is 11.8 Å². The number of nitrogens with zero attached hydrogens (tertiary/aromatic N) is 1. The molecular weight excluding hydrogens is 420 g/mol. The van der Waals surface area contributed by atoms with Crippen LogP contribution in [0.3, 0.4) is 0 Å². The molecule has 7 nitrogen and oxygen atoms in total. The van der Waals surface area contributed by atoms with E-state index in [2.05, 4.69) is 19.2 Å². The van der Waals surface area contributed by atoms with Gasteiger partial charge in [-0.05, 0) is 42.5 Å². The molecular formula is C26H36N2O5. The third kappa shape index (κ3) is 9.95. The molecule has 0 radical (unpaired) electrons. The van der Waals surface area contributed by atoms with Crippen molar-refractivity contribution in [3.05, 3.63) is 65.7 Å². The Hall–Kier alpha value is -3.06. The van der Waals surface area contributed by atoms with E-state index >= 15 is 0 Å². The SMILES string of the molecule is CCOC(Cc1ccc(OCCN(CCC(C)C)C(=O)NCc2ccccc2)cc1)C(=O)O. The highest BCUT2D eigenvalue weighted by Crippen LogP contribution is 2.15. The molecule has 0 aliphatic carbocycles.